The van der Waals surface area contributed by atoms with E-state index in [1.165, 1.54) is 38.3 Å². The number of nitrogens with one attached hydrogen (secondary N) is 1. The molecule has 2 rings (SSSR count). The van der Waals surface area contributed by atoms with Crippen LogP contribution in [0.5, 0.6) is 5.75 Å². The molecule has 0 fully saturated rings. The van der Waals surface area contributed by atoms with Crippen LogP contribution in [0.25, 0.3) is 0 Å². The minimum absolute atomic E-state index is 0.441. The van der Waals surface area contributed by atoms with Crippen LogP contribution in [0.3, 0.4) is 0 Å². The van der Waals surface area contributed by atoms with E-state index in [0.29, 0.717) is 24.0 Å². The van der Waals surface area contributed by atoms with Gasteiger partial charge in [0.15, 0.2) is 5.79 Å². The van der Waals surface area contributed by atoms with Crippen molar-refractivity contribution in [2.75, 3.05) is 6.54 Å². The molecule has 0 radical (unpaired) electrons. The van der Waals surface area contributed by atoms with Gasteiger partial charge in [-0.15, -0.1) is 0 Å². The van der Waals surface area contributed by atoms with Crippen LogP contribution in [0.2, 0.25) is 0 Å². The minimum atomic E-state index is -1.81. The first kappa shape index (κ1) is 24.1. The standard InChI is InChI=1S/C16H18FNO.C8H19N/c1-12-5-3-4-6-13(12)11-19-15-9-7-14(8-10-15)16(2,17)18;1-4-6-7-9-8(3)5-2/h3-10H,11,18H2,1-2H3;8-9H,4-7H2,1-3H3/t;8-/m.1/s1. The molecule has 2 aromatic carbocycles. The van der Waals surface area contributed by atoms with Crippen LogP contribution in [0, 0.1) is 6.92 Å². The lowest BCUT2D eigenvalue weighted by atomic mass is 10.1. The van der Waals surface area contributed by atoms with Crippen molar-refractivity contribution in [3.8, 4) is 5.75 Å². The Morgan fingerprint density at radius 2 is 1.75 bits per heavy atom. The highest BCUT2D eigenvalue weighted by Gasteiger charge is 2.18. The number of hydrogen-bond acceptors (Lipinski definition) is 3. The number of aryl methyl sites for hydroxylation is 1. The highest BCUT2D eigenvalue weighted by molar-refractivity contribution is 5.31. The second-order valence-corrected chi connectivity index (χ2v) is 7.43. The van der Waals surface area contributed by atoms with Crippen LogP contribution in [-0.2, 0) is 12.4 Å². The first-order valence-electron chi connectivity index (χ1n) is 10.3. The summed E-state index contributed by atoms with van der Waals surface area (Å²) in [5.41, 5.74) is 8.16. The van der Waals surface area contributed by atoms with Crippen LogP contribution in [0.1, 0.15) is 63.6 Å². The Balaban J connectivity index is 0.000000370. The van der Waals surface area contributed by atoms with E-state index in [9.17, 15) is 4.39 Å². The van der Waals surface area contributed by atoms with E-state index in [0.717, 1.165) is 5.56 Å². The highest BCUT2D eigenvalue weighted by atomic mass is 19.1. The number of alkyl halides is 1. The monoisotopic (exact) mass is 388 g/mol. The maximum atomic E-state index is 13.5. The Bertz CT molecular complexity index is 665. The third kappa shape index (κ3) is 9.34. The average Bonchev–Trinajstić information content (AvgIpc) is 2.67. The molecule has 156 valence electrons. The van der Waals surface area contributed by atoms with Gasteiger partial charge in [-0.3, -0.25) is 5.73 Å². The number of unbranched alkanes of at least 4 members (excludes halogenated alkanes) is 1. The van der Waals surface area contributed by atoms with Gasteiger partial charge in [0, 0.05) is 11.6 Å². The lowest BCUT2D eigenvalue weighted by molar-refractivity contribution is 0.203. The van der Waals surface area contributed by atoms with Crippen LogP contribution >= 0.6 is 0 Å². The highest BCUT2D eigenvalue weighted by Crippen LogP contribution is 2.22. The van der Waals surface area contributed by atoms with Crippen LogP contribution in [-0.4, -0.2) is 12.6 Å². The van der Waals surface area contributed by atoms with Gasteiger partial charge in [-0.25, -0.2) is 4.39 Å². The first-order valence-corrected chi connectivity index (χ1v) is 10.3. The van der Waals surface area contributed by atoms with Gasteiger partial charge in [-0.2, -0.15) is 0 Å². The SMILES string of the molecule is CCCCN[C@H](C)CC.Cc1ccccc1COc1ccc(C(C)(N)F)cc1. The van der Waals surface area contributed by atoms with Gasteiger partial charge in [0.2, 0.25) is 0 Å². The third-order valence-electron chi connectivity index (χ3n) is 4.71. The Morgan fingerprint density at radius 3 is 2.29 bits per heavy atom. The van der Waals surface area contributed by atoms with Crippen molar-refractivity contribution in [2.24, 2.45) is 5.73 Å². The lowest BCUT2D eigenvalue weighted by Gasteiger charge is -2.15. The van der Waals surface area contributed by atoms with E-state index in [1.54, 1.807) is 24.3 Å². The number of hydrogen-bond donors (Lipinski definition) is 2. The van der Waals surface area contributed by atoms with Crippen LogP contribution in [0.4, 0.5) is 4.39 Å². The van der Waals surface area contributed by atoms with Crippen molar-refractivity contribution < 1.29 is 9.13 Å². The summed E-state index contributed by atoms with van der Waals surface area (Å²) < 4.78 is 19.2. The molecular formula is C24H37FN2O. The molecular weight excluding hydrogens is 351 g/mol. The third-order valence-corrected chi connectivity index (χ3v) is 4.71. The van der Waals surface area contributed by atoms with E-state index in [1.807, 2.05) is 31.2 Å². The lowest BCUT2D eigenvalue weighted by Crippen LogP contribution is -2.26. The van der Waals surface area contributed by atoms with E-state index >= 15 is 0 Å². The zero-order valence-corrected chi connectivity index (χ0v) is 18.1. The minimum Gasteiger partial charge on any atom is -0.489 e. The molecule has 0 aliphatic rings. The quantitative estimate of drug-likeness (QED) is 0.418. The fourth-order valence-corrected chi connectivity index (χ4v) is 2.48. The summed E-state index contributed by atoms with van der Waals surface area (Å²) in [7, 11) is 0. The Hall–Kier alpha value is -1.91. The predicted molar refractivity (Wildman–Crippen MR) is 117 cm³/mol. The predicted octanol–water partition coefficient (Wildman–Crippen LogP) is 5.85. The molecule has 0 aliphatic carbocycles. The van der Waals surface area contributed by atoms with Crippen molar-refractivity contribution in [3.05, 3.63) is 65.2 Å². The topological polar surface area (TPSA) is 47.3 Å². The van der Waals surface area contributed by atoms with E-state index in [4.69, 9.17) is 10.5 Å². The van der Waals surface area contributed by atoms with Crippen molar-refractivity contribution in [1.29, 1.82) is 0 Å². The normalized spacial score (nSPS) is 13.8. The molecule has 0 heterocycles. The summed E-state index contributed by atoms with van der Waals surface area (Å²) in [6.07, 6.45) is 3.84. The fourth-order valence-electron chi connectivity index (χ4n) is 2.48. The molecule has 1 unspecified atom stereocenters. The molecule has 3 nitrogen and oxygen atoms in total. The van der Waals surface area contributed by atoms with Crippen molar-refractivity contribution >= 4 is 0 Å². The summed E-state index contributed by atoms with van der Waals surface area (Å²) in [4.78, 5) is 0. The maximum Gasteiger partial charge on any atom is 0.182 e. The molecule has 2 atom stereocenters. The maximum absolute atomic E-state index is 13.5. The largest absolute Gasteiger partial charge is 0.489 e. The van der Waals surface area contributed by atoms with Gasteiger partial charge in [0.25, 0.3) is 0 Å². The van der Waals surface area contributed by atoms with Gasteiger partial charge in [-0.1, -0.05) is 56.7 Å². The zero-order chi connectivity index (χ0) is 21.0. The van der Waals surface area contributed by atoms with E-state index in [-0.39, 0.29) is 0 Å². The molecule has 4 heteroatoms. The molecule has 2 aromatic rings. The fraction of sp³-hybridized carbons (Fsp3) is 0.500. The zero-order valence-electron chi connectivity index (χ0n) is 18.1. The number of rotatable bonds is 9. The first-order chi connectivity index (χ1) is 13.3. The summed E-state index contributed by atoms with van der Waals surface area (Å²) in [6, 6.07) is 15.5. The summed E-state index contributed by atoms with van der Waals surface area (Å²) in [5, 5.41) is 3.43. The van der Waals surface area contributed by atoms with Gasteiger partial charge in [0.1, 0.15) is 12.4 Å². The Labute approximate surface area is 170 Å². The molecule has 0 saturated carbocycles. The summed E-state index contributed by atoms with van der Waals surface area (Å²) in [5.74, 6) is -1.11. The van der Waals surface area contributed by atoms with Gasteiger partial charge < -0.3 is 10.1 Å². The second kappa shape index (κ2) is 12.5. The molecule has 0 saturated heterocycles. The molecule has 0 spiro atoms. The number of benzene rings is 2. The van der Waals surface area contributed by atoms with Gasteiger partial charge in [-0.05, 0) is 63.4 Å². The molecule has 3 N–H and O–H groups in total. The second-order valence-electron chi connectivity index (χ2n) is 7.43. The number of ether oxygens (including phenoxy) is 1. The van der Waals surface area contributed by atoms with Crippen molar-refractivity contribution in [3.63, 3.8) is 0 Å². The molecule has 0 amide bonds. The summed E-state index contributed by atoms with van der Waals surface area (Å²) >= 11 is 0. The molecule has 28 heavy (non-hydrogen) atoms. The number of nitrogens with two attached hydrogens (primary N) is 1. The van der Waals surface area contributed by atoms with E-state index < -0.39 is 5.79 Å². The van der Waals surface area contributed by atoms with Crippen LogP contribution < -0.4 is 15.8 Å². The van der Waals surface area contributed by atoms with Crippen molar-refractivity contribution in [2.45, 2.75) is 72.3 Å². The smallest absolute Gasteiger partial charge is 0.182 e. The molecule has 0 bridgehead atoms. The van der Waals surface area contributed by atoms with E-state index in [2.05, 4.69) is 26.1 Å². The van der Waals surface area contributed by atoms with Crippen LogP contribution in [0.15, 0.2) is 48.5 Å². The summed E-state index contributed by atoms with van der Waals surface area (Å²) in [6.45, 7) is 11.7. The number of halogens is 1. The Kier molecular flexibility index (Phi) is 10.8. The average molecular weight is 389 g/mol. The van der Waals surface area contributed by atoms with Gasteiger partial charge in [0.05, 0.1) is 0 Å². The van der Waals surface area contributed by atoms with Gasteiger partial charge >= 0.3 is 0 Å². The molecule has 0 aromatic heterocycles. The Morgan fingerprint density at radius 1 is 1.11 bits per heavy atom. The molecule has 0 aliphatic heterocycles. The van der Waals surface area contributed by atoms with Crippen molar-refractivity contribution in [1.82, 2.24) is 5.32 Å².